The summed E-state index contributed by atoms with van der Waals surface area (Å²) in [5.41, 5.74) is 6.87. The van der Waals surface area contributed by atoms with E-state index in [1.165, 1.54) is 0 Å². The molecule has 0 unspecified atom stereocenters. The molecule has 0 radical (unpaired) electrons. The summed E-state index contributed by atoms with van der Waals surface area (Å²) >= 11 is 0. The van der Waals surface area contributed by atoms with E-state index in [9.17, 15) is 4.79 Å². The van der Waals surface area contributed by atoms with Crippen molar-refractivity contribution in [1.82, 2.24) is 10.2 Å². The number of carbonyl (C=O) groups excluding carboxylic acids is 1. The van der Waals surface area contributed by atoms with Crippen molar-refractivity contribution < 1.29 is 9.53 Å². The number of nitrogens with zero attached hydrogens (tertiary/aromatic N) is 1. The Labute approximate surface area is 120 Å². The Kier molecular flexibility index (Phi) is 4.84. The highest BCUT2D eigenvalue weighted by Crippen LogP contribution is 2.20. The molecular formula is C15H23N3O2. The molecule has 1 saturated heterocycles. The molecule has 0 spiro atoms. The van der Waals surface area contributed by atoms with Crippen LogP contribution in [0.5, 0.6) is 5.75 Å². The minimum atomic E-state index is -0.0971. The SMILES string of the molecule is CCN1CCC(NC(=O)c2ccc(OC)cc2N)CC1. The third-order valence-corrected chi connectivity index (χ3v) is 3.87. The Morgan fingerprint density at radius 3 is 2.70 bits per heavy atom. The Hall–Kier alpha value is -1.75. The smallest absolute Gasteiger partial charge is 0.253 e. The van der Waals surface area contributed by atoms with Crippen molar-refractivity contribution >= 4 is 11.6 Å². The average molecular weight is 277 g/mol. The molecule has 0 aliphatic carbocycles. The number of likely N-dealkylation sites (tertiary alicyclic amines) is 1. The topological polar surface area (TPSA) is 67.6 Å². The number of rotatable bonds is 4. The van der Waals surface area contributed by atoms with Gasteiger partial charge in [0.2, 0.25) is 0 Å². The van der Waals surface area contributed by atoms with Crippen LogP contribution in [0.15, 0.2) is 18.2 Å². The fraction of sp³-hybridized carbons (Fsp3) is 0.533. The highest BCUT2D eigenvalue weighted by atomic mass is 16.5. The number of nitrogens with two attached hydrogens (primary N) is 1. The van der Waals surface area contributed by atoms with Gasteiger partial charge in [0.15, 0.2) is 0 Å². The molecule has 0 bridgehead atoms. The minimum Gasteiger partial charge on any atom is -0.497 e. The summed E-state index contributed by atoms with van der Waals surface area (Å²) in [6, 6.07) is 5.39. The first-order chi connectivity index (χ1) is 9.63. The molecule has 1 aliphatic rings. The monoisotopic (exact) mass is 277 g/mol. The molecule has 20 heavy (non-hydrogen) atoms. The molecule has 0 saturated carbocycles. The molecule has 3 N–H and O–H groups in total. The predicted molar refractivity (Wildman–Crippen MR) is 80.0 cm³/mol. The zero-order valence-corrected chi connectivity index (χ0v) is 12.2. The van der Waals surface area contributed by atoms with Crippen LogP contribution in [0.2, 0.25) is 0 Å². The zero-order valence-electron chi connectivity index (χ0n) is 12.2. The number of hydrogen-bond donors (Lipinski definition) is 2. The first-order valence-corrected chi connectivity index (χ1v) is 7.10. The predicted octanol–water partition coefficient (Wildman–Crippen LogP) is 1.49. The summed E-state index contributed by atoms with van der Waals surface area (Å²) < 4.78 is 5.09. The van der Waals surface area contributed by atoms with Crippen LogP contribution >= 0.6 is 0 Å². The summed E-state index contributed by atoms with van der Waals surface area (Å²) in [4.78, 5) is 14.6. The molecule has 5 nitrogen and oxygen atoms in total. The Morgan fingerprint density at radius 1 is 1.45 bits per heavy atom. The number of methoxy groups -OCH3 is 1. The van der Waals surface area contributed by atoms with Crippen molar-refractivity contribution in [3.63, 3.8) is 0 Å². The fourth-order valence-electron chi connectivity index (χ4n) is 2.53. The first kappa shape index (κ1) is 14.7. The number of ether oxygens (including phenoxy) is 1. The number of nitrogen functional groups attached to an aromatic ring is 1. The lowest BCUT2D eigenvalue weighted by atomic mass is 10.0. The van der Waals surface area contributed by atoms with Gasteiger partial charge >= 0.3 is 0 Å². The van der Waals surface area contributed by atoms with E-state index < -0.39 is 0 Å². The Bertz CT molecular complexity index is 468. The van der Waals surface area contributed by atoms with E-state index >= 15 is 0 Å². The van der Waals surface area contributed by atoms with E-state index in [2.05, 4.69) is 17.1 Å². The molecule has 1 aliphatic heterocycles. The van der Waals surface area contributed by atoms with Crippen LogP contribution < -0.4 is 15.8 Å². The van der Waals surface area contributed by atoms with Crippen LogP contribution in [0.25, 0.3) is 0 Å². The molecule has 2 rings (SSSR count). The molecule has 1 aromatic rings. The van der Waals surface area contributed by atoms with Crippen LogP contribution in [0.4, 0.5) is 5.69 Å². The standard InChI is InChI=1S/C15H23N3O2/c1-3-18-8-6-11(7-9-18)17-15(19)13-5-4-12(20-2)10-14(13)16/h4-5,10-11H,3,6-9,16H2,1-2H3,(H,17,19). The molecule has 1 amide bonds. The summed E-state index contributed by atoms with van der Waals surface area (Å²) in [5, 5.41) is 3.07. The van der Waals surface area contributed by atoms with Crippen molar-refractivity contribution in [2.24, 2.45) is 0 Å². The normalized spacial score (nSPS) is 16.9. The lowest BCUT2D eigenvalue weighted by Crippen LogP contribution is -2.44. The largest absolute Gasteiger partial charge is 0.497 e. The molecule has 110 valence electrons. The number of piperidine rings is 1. The molecule has 1 heterocycles. The molecular weight excluding hydrogens is 254 g/mol. The number of carbonyl (C=O) groups is 1. The molecule has 0 aromatic heterocycles. The summed E-state index contributed by atoms with van der Waals surface area (Å²) in [7, 11) is 1.58. The lowest BCUT2D eigenvalue weighted by Gasteiger charge is -2.31. The minimum absolute atomic E-state index is 0.0971. The van der Waals surface area contributed by atoms with Crippen molar-refractivity contribution in [2.45, 2.75) is 25.8 Å². The summed E-state index contributed by atoms with van der Waals surface area (Å²) in [6.07, 6.45) is 1.99. The molecule has 0 atom stereocenters. The van der Waals surface area contributed by atoms with Crippen LogP contribution in [0.3, 0.4) is 0 Å². The first-order valence-electron chi connectivity index (χ1n) is 7.10. The molecule has 1 fully saturated rings. The zero-order chi connectivity index (χ0) is 14.5. The number of anilines is 1. The van der Waals surface area contributed by atoms with Crippen LogP contribution in [0.1, 0.15) is 30.1 Å². The van der Waals surface area contributed by atoms with Crippen LogP contribution in [0, 0.1) is 0 Å². The third-order valence-electron chi connectivity index (χ3n) is 3.87. The van der Waals surface area contributed by atoms with Gasteiger partial charge in [-0.25, -0.2) is 0 Å². The van der Waals surface area contributed by atoms with Gasteiger partial charge in [0.1, 0.15) is 5.75 Å². The summed E-state index contributed by atoms with van der Waals surface area (Å²) in [5.74, 6) is 0.565. The van der Waals surface area contributed by atoms with E-state index in [0.717, 1.165) is 32.5 Å². The number of benzene rings is 1. The van der Waals surface area contributed by atoms with Gasteiger partial charge in [0.05, 0.1) is 12.7 Å². The maximum absolute atomic E-state index is 12.2. The molecule has 5 heteroatoms. The van der Waals surface area contributed by atoms with E-state index in [1.54, 1.807) is 25.3 Å². The number of nitrogens with one attached hydrogen (secondary N) is 1. The van der Waals surface area contributed by atoms with Crippen LogP contribution in [-0.2, 0) is 0 Å². The van der Waals surface area contributed by atoms with Gasteiger partial charge in [-0.05, 0) is 31.5 Å². The van der Waals surface area contributed by atoms with Gasteiger partial charge in [0, 0.05) is 30.9 Å². The van der Waals surface area contributed by atoms with Crippen molar-refractivity contribution in [3.05, 3.63) is 23.8 Å². The Morgan fingerprint density at radius 2 is 2.15 bits per heavy atom. The van der Waals surface area contributed by atoms with Crippen molar-refractivity contribution in [3.8, 4) is 5.75 Å². The quantitative estimate of drug-likeness (QED) is 0.818. The highest BCUT2D eigenvalue weighted by molar-refractivity contribution is 5.99. The average Bonchev–Trinajstić information content (AvgIpc) is 2.47. The van der Waals surface area contributed by atoms with Gasteiger partial charge in [-0.3, -0.25) is 4.79 Å². The van der Waals surface area contributed by atoms with Crippen molar-refractivity contribution in [1.29, 1.82) is 0 Å². The summed E-state index contributed by atoms with van der Waals surface area (Å²) in [6.45, 7) is 5.32. The van der Waals surface area contributed by atoms with E-state index in [0.29, 0.717) is 17.0 Å². The van der Waals surface area contributed by atoms with Gasteiger partial charge < -0.3 is 20.7 Å². The van der Waals surface area contributed by atoms with E-state index in [1.807, 2.05) is 0 Å². The van der Waals surface area contributed by atoms with Crippen LogP contribution in [-0.4, -0.2) is 43.6 Å². The maximum Gasteiger partial charge on any atom is 0.253 e. The second-order valence-electron chi connectivity index (χ2n) is 5.14. The number of hydrogen-bond acceptors (Lipinski definition) is 4. The second-order valence-corrected chi connectivity index (χ2v) is 5.14. The van der Waals surface area contributed by atoms with E-state index in [4.69, 9.17) is 10.5 Å². The van der Waals surface area contributed by atoms with Gasteiger partial charge in [0.25, 0.3) is 5.91 Å². The maximum atomic E-state index is 12.2. The van der Waals surface area contributed by atoms with E-state index in [-0.39, 0.29) is 11.9 Å². The number of amides is 1. The van der Waals surface area contributed by atoms with Gasteiger partial charge in [-0.15, -0.1) is 0 Å². The fourth-order valence-corrected chi connectivity index (χ4v) is 2.53. The van der Waals surface area contributed by atoms with Crippen molar-refractivity contribution in [2.75, 3.05) is 32.5 Å². The highest BCUT2D eigenvalue weighted by Gasteiger charge is 2.21. The van der Waals surface area contributed by atoms with Gasteiger partial charge in [-0.1, -0.05) is 6.92 Å². The Balaban J connectivity index is 1.95. The van der Waals surface area contributed by atoms with Gasteiger partial charge in [-0.2, -0.15) is 0 Å². The third kappa shape index (κ3) is 3.42. The second kappa shape index (κ2) is 6.61. The lowest BCUT2D eigenvalue weighted by molar-refractivity contribution is 0.0913. The molecule has 1 aromatic carbocycles.